The lowest BCUT2D eigenvalue weighted by Gasteiger charge is -2.31. The van der Waals surface area contributed by atoms with E-state index < -0.39 is 20.0 Å². The van der Waals surface area contributed by atoms with Gasteiger partial charge < -0.3 is 5.32 Å². The third kappa shape index (κ3) is 4.78. The van der Waals surface area contributed by atoms with Crippen LogP contribution in [0.1, 0.15) is 24.5 Å². The number of carbonyl (C=O) groups is 1. The Labute approximate surface area is 199 Å². The molecule has 0 fully saturated rings. The highest BCUT2D eigenvalue weighted by Gasteiger charge is 2.29. The lowest BCUT2D eigenvalue weighted by molar-refractivity contribution is -0.114. The van der Waals surface area contributed by atoms with Crippen LogP contribution in [-0.2, 0) is 31.3 Å². The molecule has 34 heavy (non-hydrogen) atoms. The molecule has 178 valence electrons. The maximum absolute atomic E-state index is 13.3. The van der Waals surface area contributed by atoms with E-state index in [1.807, 2.05) is 0 Å². The zero-order valence-electron chi connectivity index (χ0n) is 18.8. The lowest BCUT2D eigenvalue weighted by atomic mass is 10.0. The number of rotatable bonds is 6. The van der Waals surface area contributed by atoms with Crippen molar-refractivity contribution in [1.82, 2.24) is 0 Å². The van der Waals surface area contributed by atoms with E-state index in [-0.39, 0.29) is 21.4 Å². The topological polar surface area (TPSA) is 113 Å². The molecule has 0 aliphatic carbocycles. The van der Waals surface area contributed by atoms with E-state index in [0.717, 1.165) is 5.56 Å². The minimum Gasteiger partial charge on any atom is -0.326 e. The summed E-state index contributed by atoms with van der Waals surface area (Å²) in [6.45, 7) is 3.32. The minimum atomic E-state index is -3.95. The summed E-state index contributed by atoms with van der Waals surface area (Å²) in [6, 6.07) is 17.7. The van der Waals surface area contributed by atoms with E-state index in [1.54, 1.807) is 61.5 Å². The summed E-state index contributed by atoms with van der Waals surface area (Å²) in [4.78, 5) is 11.5. The van der Waals surface area contributed by atoms with Gasteiger partial charge in [-0.3, -0.25) is 13.8 Å². The summed E-state index contributed by atoms with van der Waals surface area (Å²) in [6.07, 6.45) is 1.37. The van der Waals surface area contributed by atoms with Crippen molar-refractivity contribution in [2.24, 2.45) is 0 Å². The summed E-state index contributed by atoms with van der Waals surface area (Å²) in [5, 5.41) is 2.62. The standard InChI is InChI=1S/C24H25N3O5S2/c1-17-15-20(25-18(2)28)12-13-24(17)33(29,30)26-21-11-10-19-7-6-14-27(23(19)16-21)34(31,32)22-8-4-3-5-9-22/h3-5,8-13,15-16,26H,6-7,14H2,1-2H3,(H,25,28). The van der Waals surface area contributed by atoms with Gasteiger partial charge in [-0.15, -0.1) is 0 Å². The number of aryl methyl sites for hydroxylation is 2. The smallest absolute Gasteiger partial charge is 0.264 e. The Morgan fingerprint density at radius 2 is 1.62 bits per heavy atom. The highest BCUT2D eigenvalue weighted by molar-refractivity contribution is 7.93. The van der Waals surface area contributed by atoms with Gasteiger partial charge in [-0.1, -0.05) is 24.3 Å². The van der Waals surface area contributed by atoms with Gasteiger partial charge in [0.2, 0.25) is 5.91 Å². The number of amides is 1. The second-order valence-electron chi connectivity index (χ2n) is 8.10. The van der Waals surface area contributed by atoms with Crippen molar-refractivity contribution in [3.05, 3.63) is 77.9 Å². The fraction of sp³-hybridized carbons (Fsp3) is 0.208. The van der Waals surface area contributed by atoms with Gasteiger partial charge >= 0.3 is 0 Å². The number of benzene rings is 3. The Bertz CT molecular complexity index is 1450. The van der Waals surface area contributed by atoms with Crippen LogP contribution in [0.3, 0.4) is 0 Å². The fourth-order valence-electron chi connectivity index (χ4n) is 4.02. The first-order valence-electron chi connectivity index (χ1n) is 10.7. The van der Waals surface area contributed by atoms with Crippen molar-refractivity contribution in [3.8, 4) is 0 Å². The van der Waals surface area contributed by atoms with Crippen molar-refractivity contribution in [3.63, 3.8) is 0 Å². The van der Waals surface area contributed by atoms with Gasteiger partial charge in [0.25, 0.3) is 20.0 Å². The average molecular weight is 500 g/mol. The molecule has 0 saturated heterocycles. The zero-order chi connectivity index (χ0) is 24.5. The first-order valence-corrected chi connectivity index (χ1v) is 13.6. The molecule has 0 unspecified atom stereocenters. The second-order valence-corrected chi connectivity index (χ2v) is 11.6. The molecule has 0 atom stereocenters. The number of hydrogen-bond donors (Lipinski definition) is 2. The van der Waals surface area contributed by atoms with E-state index in [4.69, 9.17) is 0 Å². The second kappa shape index (κ2) is 9.11. The van der Waals surface area contributed by atoms with Crippen LogP contribution in [-0.4, -0.2) is 29.3 Å². The first-order chi connectivity index (χ1) is 16.1. The number of hydrogen-bond acceptors (Lipinski definition) is 5. The van der Waals surface area contributed by atoms with Gasteiger partial charge in [0.1, 0.15) is 0 Å². The molecule has 3 aromatic carbocycles. The number of carbonyl (C=O) groups excluding carboxylic acids is 1. The normalized spacial score (nSPS) is 13.8. The summed E-state index contributed by atoms with van der Waals surface area (Å²) >= 11 is 0. The van der Waals surface area contributed by atoms with Crippen LogP contribution in [0, 0.1) is 6.92 Å². The summed E-state index contributed by atoms with van der Waals surface area (Å²) in [7, 11) is -7.74. The first kappa shape index (κ1) is 23.8. The summed E-state index contributed by atoms with van der Waals surface area (Å²) < 4.78 is 56.6. The van der Waals surface area contributed by atoms with Gasteiger partial charge in [0.15, 0.2) is 0 Å². The molecule has 1 amide bonds. The molecule has 1 heterocycles. The Hall–Kier alpha value is -3.37. The molecule has 8 nitrogen and oxygen atoms in total. The molecule has 10 heteroatoms. The average Bonchev–Trinajstić information content (AvgIpc) is 2.78. The summed E-state index contributed by atoms with van der Waals surface area (Å²) in [5.41, 5.74) is 2.53. The SMILES string of the molecule is CC(=O)Nc1ccc(S(=O)(=O)Nc2ccc3c(c2)N(S(=O)(=O)c2ccccc2)CCC3)c(C)c1. The number of sulfonamides is 2. The van der Waals surface area contributed by atoms with E-state index in [9.17, 15) is 21.6 Å². The number of nitrogens with one attached hydrogen (secondary N) is 2. The van der Waals surface area contributed by atoms with Crippen molar-refractivity contribution >= 4 is 43.0 Å². The van der Waals surface area contributed by atoms with Crippen molar-refractivity contribution in [2.75, 3.05) is 20.9 Å². The van der Waals surface area contributed by atoms with E-state index >= 15 is 0 Å². The molecule has 1 aliphatic heterocycles. The van der Waals surface area contributed by atoms with Crippen LogP contribution in [0.25, 0.3) is 0 Å². The lowest BCUT2D eigenvalue weighted by Crippen LogP contribution is -2.35. The third-order valence-corrected chi connectivity index (χ3v) is 8.90. The molecule has 0 radical (unpaired) electrons. The monoisotopic (exact) mass is 499 g/mol. The largest absolute Gasteiger partial charge is 0.326 e. The predicted molar refractivity (Wildman–Crippen MR) is 132 cm³/mol. The van der Waals surface area contributed by atoms with Crippen molar-refractivity contribution < 1.29 is 21.6 Å². The molecule has 0 bridgehead atoms. The highest BCUT2D eigenvalue weighted by atomic mass is 32.2. The quantitative estimate of drug-likeness (QED) is 0.534. The molecule has 0 aromatic heterocycles. The molecule has 0 spiro atoms. The molecule has 4 rings (SSSR count). The van der Waals surface area contributed by atoms with Crippen LogP contribution in [0.4, 0.5) is 17.1 Å². The van der Waals surface area contributed by atoms with Gasteiger partial charge in [0.05, 0.1) is 21.2 Å². The van der Waals surface area contributed by atoms with E-state index in [0.29, 0.717) is 36.3 Å². The van der Waals surface area contributed by atoms with Crippen LogP contribution >= 0.6 is 0 Å². The van der Waals surface area contributed by atoms with E-state index in [2.05, 4.69) is 10.0 Å². The highest BCUT2D eigenvalue weighted by Crippen LogP contribution is 2.35. The van der Waals surface area contributed by atoms with Crippen LogP contribution in [0.15, 0.2) is 76.5 Å². The van der Waals surface area contributed by atoms with E-state index in [1.165, 1.54) is 23.4 Å². The Morgan fingerprint density at radius 3 is 2.29 bits per heavy atom. The minimum absolute atomic E-state index is 0.0630. The molecular formula is C24H25N3O5S2. The molecule has 2 N–H and O–H groups in total. The van der Waals surface area contributed by atoms with Crippen LogP contribution in [0.5, 0.6) is 0 Å². The van der Waals surface area contributed by atoms with Crippen molar-refractivity contribution in [2.45, 2.75) is 36.5 Å². The van der Waals surface area contributed by atoms with Crippen LogP contribution in [0.2, 0.25) is 0 Å². The fourth-order valence-corrected chi connectivity index (χ4v) is 6.85. The predicted octanol–water partition coefficient (Wildman–Crippen LogP) is 3.90. The van der Waals surface area contributed by atoms with Gasteiger partial charge in [-0.05, 0) is 73.4 Å². The van der Waals surface area contributed by atoms with Gasteiger partial charge in [-0.25, -0.2) is 16.8 Å². The number of fused-ring (bicyclic) bond motifs is 1. The maximum Gasteiger partial charge on any atom is 0.264 e. The number of anilines is 3. The summed E-state index contributed by atoms with van der Waals surface area (Å²) in [5.74, 6) is -0.253. The molecule has 1 aliphatic rings. The van der Waals surface area contributed by atoms with Crippen molar-refractivity contribution in [1.29, 1.82) is 0 Å². The van der Waals surface area contributed by atoms with Gasteiger partial charge in [-0.2, -0.15) is 0 Å². The Morgan fingerprint density at radius 1 is 0.912 bits per heavy atom. The van der Waals surface area contributed by atoms with Gasteiger partial charge in [0, 0.05) is 19.2 Å². The zero-order valence-corrected chi connectivity index (χ0v) is 20.4. The molecule has 3 aromatic rings. The Balaban J connectivity index is 1.66. The van der Waals surface area contributed by atoms with Crippen LogP contribution < -0.4 is 14.3 Å². The third-order valence-electron chi connectivity index (χ3n) is 5.53. The maximum atomic E-state index is 13.3. The molecular weight excluding hydrogens is 474 g/mol. The molecule has 0 saturated carbocycles. The Kier molecular flexibility index (Phi) is 6.37. The number of nitrogens with zero attached hydrogens (tertiary/aromatic N) is 1.